The summed E-state index contributed by atoms with van der Waals surface area (Å²) in [6, 6.07) is 14.2. The number of amides is 1. The molecule has 1 aliphatic rings. The zero-order valence-electron chi connectivity index (χ0n) is 17.1. The second-order valence-corrected chi connectivity index (χ2v) is 8.10. The summed E-state index contributed by atoms with van der Waals surface area (Å²) in [4.78, 5) is 34.3. The molecule has 0 spiro atoms. The lowest BCUT2D eigenvalue weighted by molar-refractivity contribution is -0.0283. The van der Waals surface area contributed by atoms with Crippen LogP contribution in [0.3, 0.4) is 0 Å². The number of aromatic nitrogens is 3. The molecule has 1 aliphatic heterocycles. The highest BCUT2D eigenvalue weighted by Gasteiger charge is 2.33. The highest BCUT2D eigenvalue weighted by atomic mass is 19.3. The van der Waals surface area contributed by atoms with Crippen LogP contribution in [0.2, 0.25) is 0 Å². The van der Waals surface area contributed by atoms with E-state index in [9.17, 15) is 18.4 Å². The second-order valence-electron chi connectivity index (χ2n) is 8.10. The van der Waals surface area contributed by atoms with E-state index in [1.807, 2.05) is 29.2 Å². The van der Waals surface area contributed by atoms with Gasteiger partial charge in [-0.25, -0.2) is 13.8 Å². The fourth-order valence-electron chi connectivity index (χ4n) is 4.01. The smallest absolute Gasteiger partial charge is 0.270 e. The van der Waals surface area contributed by atoms with E-state index in [1.54, 1.807) is 24.4 Å². The summed E-state index contributed by atoms with van der Waals surface area (Å²) >= 11 is 0. The van der Waals surface area contributed by atoms with E-state index >= 15 is 0 Å². The van der Waals surface area contributed by atoms with Gasteiger partial charge < -0.3 is 10.3 Å². The molecule has 4 heterocycles. The fourth-order valence-corrected chi connectivity index (χ4v) is 4.01. The minimum Gasteiger partial charge on any atom is -0.357 e. The lowest BCUT2D eigenvalue weighted by Gasteiger charge is -2.38. The minimum absolute atomic E-state index is 0.0705. The number of halogens is 2. The van der Waals surface area contributed by atoms with Crippen molar-refractivity contribution < 1.29 is 13.6 Å². The first-order valence-electron chi connectivity index (χ1n) is 10.3. The predicted octanol–water partition coefficient (Wildman–Crippen LogP) is 2.80. The van der Waals surface area contributed by atoms with E-state index < -0.39 is 18.3 Å². The van der Waals surface area contributed by atoms with Crippen LogP contribution < -0.4 is 10.9 Å². The van der Waals surface area contributed by atoms with Crippen LogP contribution in [-0.4, -0.2) is 44.7 Å². The van der Waals surface area contributed by atoms with Crippen LogP contribution in [-0.2, 0) is 13.1 Å². The first kappa shape index (κ1) is 20.3. The number of carbonyl (C=O) groups is 1. The summed E-state index contributed by atoms with van der Waals surface area (Å²) in [5, 5.41) is 3.82. The van der Waals surface area contributed by atoms with Crippen LogP contribution in [0.25, 0.3) is 16.6 Å². The topological polar surface area (TPSA) is 82.5 Å². The maximum Gasteiger partial charge on any atom is 0.270 e. The molecular formula is C23H21F2N5O2. The van der Waals surface area contributed by atoms with Crippen molar-refractivity contribution in [2.75, 3.05) is 13.1 Å². The van der Waals surface area contributed by atoms with Gasteiger partial charge in [0.15, 0.2) is 0 Å². The maximum atomic E-state index is 12.6. The standard InChI is InChI=1S/C23H21F2N5O2/c24-22(25)16-11-29(12-16)13-17-8-15-5-4-14(7-18(15)27-17)10-26-23(32)19-9-21(31)30-6-2-1-3-20(30)28-19/h1-9,16,22,27H,10-13H2,(H,26,32). The number of H-pyrrole nitrogens is 1. The van der Waals surface area contributed by atoms with Gasteiger partial charge in [-0.2, -0.15) is 0 Å². The molecule has 1 saturated heterocycles. The van der Waals surface area contributed by atoms with Crippen LogP contribution in [0, 0.1) is 5.92 Å². The predicted molar refractivity (Wildman–Crippen MR) is 116 cm³/mol. The molecule has 0 aliphatic carbocycles. The molecule has 32 heavy (non-hydrogen) atoms. The molecule has 0 saturated carbocycles. The molecule has 1 aromatic carbocycles. The van der Waals surface area contributed by atoms with Gasteiger partial charge in [0, 0.05) is 55.6 Å². The molecule has 7 nitrogen and oxygen atoms in total. The van der Waals surface area contributed by atoms with Crippen molar-refractivity contribution in [2.24, 2.45) is 5.92 Å². The number of nitrogens with zero attached hydrogens (tertiary/aromatic N) is 3. The van der Waals surface area contributed by atoms with E-state index in [0.29, 0.717) is 25.3 Å². The van der Waals surface area contributed by atoms with E-state index in [2.05, 4.69) is 15.3 Å². The number of likely N-dealkylation sites (tertiary alicyclic amines) is 1. The quantitative estimate of drug-likeness (QED) is 0.486. The Bertz CT molecular complexity index is 1360. The number of benzene rings is 1. The molecule has 164 valence electrons. The molecule has 1 fully saturated rings. The lowest BCUT2D eigenvalue weighted by atomic mass is 10.0. The number of hydrogen-bond donors (Lipinski definition) is 2. The zero-order chi connectivity index (χ0) is 22.2. The van der Waals surface area contributed by atoms with Crippen LogP contribution in [0.5, 0.6) is 0 Å². The third-order valence-corrected chi connectivity index (χ3v) is 5.74. The van der Waals surface area contributed by atoms with Gasteiger partial charge in [-0.1, -0.05) is 18.2 Å². The molecule has 1 amide bonds. The van der Waals surface area contributed by atoms with Crippen LogP contribution in [0.4, 0.5) is 8.78 Å². The first-order chi connectivity index (χ1) is 15.5. The van der Waals surface area contributed by atoms with Crippen molar-refractivity contribution in [1.29, 1.82) is 0 Å². The molecule has 5 rings (SSSR count). The lowest BCUT2D eigenvalue weighted by Crippen LogP contribution is -2.49. The highest BCUT2D eigenvalue weighted by Crippen LogP contribution is 2.25. The Morgan fingerprint density at radius 2 is 2.03 bits per heavy atom. The average Bonchev–Trinajstić information content (AvgIpc) is 3.15. The summed E-state index contributed by atoms with van der Waals surface area (Å²) in [6.45, 7) is 1.71. The van der Waals surface area contributed by atoms with Crippen molar-refractivity contribution >= 4 is 22.5 Å². The molecule has 0 radical (unpaired) electrons. The van der Waals surface area contributed by atoms with Gasteiger partial charge in [-0.05, 0) is 35.2 Å². The van der Waals surface area contributed by atoms with Gasteiger partial charge in [0.25, 0.3) is 11.5 Å². The van der Waals surface area contributed by atoms with Crippen molar-refractivity contribution in [2.45, 2.75) is 19.5 Å². The van der Waals surface area contributed by atoms with Crippen LogP contribution in [0.1, 0.15) is 21.7 Å². The third-order valence-electron chi connectivity index (χ3n) is 5.74. The molecule has 0 unspecified atom stereocenters. The number of rotatable bonds is 6. The van der Waals surface area contributed by atoms with Crippen molar-refractivity contribution in [3.8, 4) is 0 Å². The summed E-state index contributed by atoms with van der Waals surface area (Å²) < 4.78 is 26.7. The normalized spacial score (nSPS) is 14.8. The summed E-state index contributed by atoms with van der Waals surface area (Å²) in [5.74, 6) is -0.949. The summed E-state index contributed by atoms with van der Waals surface area (Å²) in [6.07, 6.45) is -0.652. The summed E-state index contributed by atoms with van der Waals surface area (Å²) in [7, 11) is 0. The number of fused-ring (bicyclic) bond motifs is 2. The number of carbonyl (C=O) groups excluding carboxylic acids is 1. The van der Waals surface area contributed by atoms with Crippen LogP contribution >= 0.6 is 0 Å². The molecule has 3 aromatic heterocycles. The Morgan fingerprint density at radius 3 is 2.84 bits per heavy atom. The number of aromatic amines is 1. The zero-order valence-corrected chi connectivity index (χ0v) is 17.1. The van der Waals surface area contributed by atoms with Crippen molar-refractivity contribution in [3.63, 3.8) is 0 Å². The SMILES string of the molecule is O=C(NCc1ccc2cc(CN3CC(C(F)F)C3)[nH]c2c1)c1cc(=O)n2ccccc2n1. The summed E-state index contributed by atoms with van der Waals surface area (Å²) in [5.41, 5.74) is 2.93. The van der Waals surface area contributed by atoms with Gasteiger partial charge in [-0.3, -0.25) is 18.9 Å². The van der Waals surface area contributed by atoms with Crippen molar-refractivity contribution in [3.05, 3.63) is 82.0 Å². The molecule has 0 bridgehead atoms. The maximum absolute atomic E-state index is 12.6. The third kappa shape index (κ3) is 3.99. The van der Waals surface area contributed by atoms with E-state index in [1.165, 1.54) is 10.5 Å². The molecule has 4 aromatic rings. The van der Waals surface area contributed by atoms with E-state index in [0.717, 1.165) is 22.2 Å². The Kier molecular flexibility index (Phi) is 5.18. The Hall–Kier alpha value is -3.59. The highest BCUT2D eigenvalue weighted by molar-refractivity contribution is 5.92. The van der Waals surface area contributed by atoms with E-state index in [-0.39, 0.29) is 17.8 Å². The average molecular weight is 437 g/mol. The van der Waals surface area contributed by atoms with Gasteiger partial charge in [-0.15, -0.1) is 0 Å². The molecule has 2 N–H and O–H groups in total. The van der Waals surface area contributed by atoms with E-state index in [4.69, 9.17) is 0 Å². The van der Waals surface area contributed by atoms with Crippen LogP contribution in [0.15, 0.2) is 59.5 Å². The number of nitrogens with one attached hydrogen (secondary N) is 2. The van der Waals surface area contributed by atoms with Crippen molar-refractivity contribution in [1.82, 2.24) is 24.6 Å². The first-order valence-corrected chi connectivity index (χ1v) is 10.3. The Balaban J connectivity index is 1.24. The van der Waals surface area contributed by atoms with Gasteiger partial charge >= 0.3 is 0 Å². The molecule has 0 atom stereocenters. The van der Waals surface area contributed by atoms with Gasteiger partial charge in [0.05, 0.1) is 0 Å². The fraction of sp³-hybridized carbons (Fsp3) is 0.261. The largest absolute Gasteiger partial charge is 0.357 e. The number of pyridine rings is 1. The molecule has 9 heteroatoms. The second kappa shape index (κ2) is 8.16. The monoisotopic (exact) mass is 437 g/mol. The number of hydrogen-bond acceptors (Lipinski definition) is 4. The van der Waals surface area contributed by atoms with Gasteiger partial charge in [0.1, 0.15) is 11.3 Å². The number of alkyl halides is 2. The van der Waals surface area contributed by atoms with Gasteiger partial charge in [0.2, 0.25) is 6.43 Å². The Labute approximate surface area is 181 Å². The Morgan fingerprint density at radius 1 is 1.19 bits per heavy atom. The molecular weight excluding hydrogens is 416 g/mol. The minimum atomic E-state index is -2.25.